The highest BCUT2D eigenvalue weighted by Gasteiger charge is 2.31. The molecule has 6 heteroatoms. The van der Waals surface area contributed by atoms with Gasteiger partial charge in [-0.05, 0) is 55.4 Å². The van der Waals surface area contributed by atoms with Crippen molar-refractivity contribution >= 4 is 21.6 Å². The van der Waals surface area contributed by atoms with E-state index in [1.54, 1.807) is 12.1 Å². The van der Waals surface area contributed by atoms with E-state index in [2.05, 4.69) is 4.72 Å². The van der Waals surface area contributed by atoms with Crippen LogP contribution in [-0.2, 0) is 27.7 Å². The molecule has 1 N–H and O–H groups in total. The lowest BCUT2D eigenvalue weighted by atomic mass is 9.92. The first-order valence-electron chi connectivity index (χ1n) is 9.03. The van der Waals surface area contributed by atoms with Crippen molar-refractivity contribution in [2.45, 2.75) is 68.7 Å². The fraction of sp³-hybridized carbons (Fsp3) is 0.611. The van der Waals surface area contributed by atoms with Gasteiger partial charge in [-0.1, -0.05) is 19.3 Å². The Labute approximate surface area is 143 Å². The molecule has 0 spiro atoms. The standard InChI is InChI=1S/C18H24N2O3S/c21-17-9-8-14-12-16(11-13-5-4-10-20(17)18(13)14)24(22,23)19-15-6-2-1-3-7-15/h11-12,15,19H,1-10H2. The van der Waals surface area contributed by atoms with Gasteiger partial charge in [0.1, 0.15) is 0 Å². The molecule has 0 radical (unpaired) electrons. The van der Waals surface area contributed by atoms with Crippen LogP contribution in [0.5, 0.6) is 0 Å². The Balaban J connectivity index is 1.68. The zero-order valence-corrected chi connectivity index (χ0v) is 14.7. The number of sulfonamides is 1. The minimum absolute atomic E-state index is 0.0641. The summed E-state index contributed by atoms with van der Waals surface area (Å²) in [6.45, 7) is 0.755. The van der Waals surface area contributed by atoms with Crippen LogP contribution in [0.3, 0.4) is 0 Å². The Morgan fingerprint density at radius 3 is 2.42 bits per heavy atom. The molecule has 0 aromatic heterocycles. The minimum Gasteiger partial charge on any atom is -0.312 e. The van der Waals surface area contributed by atoms with Crippen molar-refractivity contribution in [3.8, 4) is 0 Å². The van der Waals surface area contributed by atoms with Crippen molar-refractivity contribution in [1.82, 2.24) is 4.72 Å². The van der Waals surface area contributed by atoms with Crippen LogP contribution >= 0.6 is 0 Å². The van der Waals surface area contributed by atoms with Gasteiger partial charge in [0.05, 0.1) is 10.6 Å². The molecule has 5 nitrogen and oxygen atoms in total. The third-order valence-electron chi connectivity index (χ3n) is 5.49. The lowest BCUT2D eigenvalue weighted by molar-refractivity contribution is -0.119. The molecule has 1 amide bonds. The highest BCUT2D eigenvalue weighted by Crippen LogP contribution is 2.37. The monoisotopic (exact) mass is 348 g/mol. The Morgan fingerprint density at radius 1 is 0.958 bits per heavy atom. The molecule has 0 bridgehead atoms. The number of carbonyl (C=O) groups excluding carboxylic acids is 1. The first-order chi connectivity index (χ1) is 11.5. The van der Waals surface area contributed by atoms with Crippen molar-refractivity contribution in [3.63, 3.8) is 0 Å². The van der Waals surface area contributed by atoms with Gasteiger partial charge in [0.25, 0.3) is 0 Å². The van der Waals surface area contributed by atoms with Gasteiger partial charge in [0, 0.05) is 19.0 Å². The smallest absolute Gasteiger partial charge is 0.240 e. The van der Waals surface area contributed by atoms with Gasteiger partial charge in [0.15, 0.2) is 0 Å². The number of nitrogens with zero attached hydrogens (tertiary/aromatic N) is 1. The normalized spacial score (nSPS) is 21.7. The lowest BCUT2D eigenvalue weighted by Crippen LogP contribution is -2.40. The van der Waals surface area contributed by atoms with Gasteiger partial charge < -0.3 is 4.90 Å². The average Bonchev–Trinajstić information content (AvgIpc) is 2.58. The number of anilines is 1. The summed E-state index contributed by atoms with van der Waals surface area (Å²) in [4.78, 5) is 14.3. The first kappa shape index (κ1) is 16.1. The lowest BCUT2D eigenvalue weighted by Gasteiger charge is -2.35. The predicted octanol–water partition coefficient (Wildman–Crippen LogP) is 2.52. The van der Waals surface area contributed by atoms with Crippen molar-refractivity contribution in [3.05, 3.63) is 23.3 Å². The zero-order valence-electron chi connectivity index (χ0n) is 13.9. The van der Waals surface area contributed by atoms with Crippen LogP contribution in [0.1, 0.15) is 56.1 Å². The molecular formula is C18H24N2O3S. The molecule has 1 aromatic rings. The van der Waals surface area contributed by atoms with E-state index in [-0.39, 0.29) is 11.9 Å². The summed E-state index contributed by atoms with van der Waals surface area (Å²) in [5.41, 5.74) is 3.00. The fourth-order valence-corrected chi connectivity index (χ4v) is 5.69. The second-order valence-corrected chi connectivity index (χ2v) is 8.91. The summed E-state index contributed by atoms with van der Waals surface area (Å²) in [7, 11) is -3.49. The maximum atomic E-state index is 12.8. The summed E-state index contributed by atoms with van der Waals surface area (Å²) >= 11 is 0. The van der Waals surface area contributed by atoms with E-state index in [9.17, 15) is 13.2 Å². The molecule has 1 saturated carbocycles. The van der Waals surface area contributed by atoms with Crippen LogP contribution in [0, 0.1) is 0 Å². The van der Waals surface area contributed by atoms with E-state index in [0.717, 1.165) is 61.9 Å². The molecule has 1 aromatic carbocycles. The second-order valence-electron chi connectivity index (χ2n) is 7.20. The summed E-state index contributed by atoms with van der Waals surface area (Å²) in [5.74, 6) is 0.166. The molecule has 3 aliphatic rings. The van der Waals surface area contributed by atoms with E-state index < -0.39 is 10.0 Å². The minimum atomic E-state index is -3.49. The number of benzene rings is 1. The van der Waals surface area contributed by atoms with E-state index >= 15 is 0 Å². The highest BCUT2D eigenvalue weighted by atomic mass is 32.2. The SMILES string of the molecule is O=C1CCc2cc(S(=O)(=O)NC3CCCCC3)cc3c2N1CCC3. The van der Waals surface area contributed by atoms with Crippen LogP contribution in [-0.4, -0.2) is 26.9 Å². The number of aryl methyl sites for hydroxylation is 2. The molecule has 2 aliphatic heterocycles. The van der Waals surface area contributed by atoms with Gasteiger partial charge in [0.2, 0.25) is 15.9 Å². The predicted molar refractivity (Wildman–Crippen MR) is 92.6 cm³/mol. The maximum absolute atomic E-state index is 12.8. The number of carbonyl (C=O) groups is 1. The number of nitrogens with one attached hydrogen (secondary N) is 1. The van der Waals surface area contributed by atoms with E-state index in [1.165, 1.54) is 6.42 Å². The molecule has 0 unspecified atom stereocenters. The Bertz CT molecular complexity index is 749. The van der Waals surface area contributed by atoms with Gasteiger partial charge >= 0.3 is 0 Å². The molecular weight excluding hydrogens is 324 g/mol. The molecule has 24 heavy (non-hydrogen) atoms. The molecule has 1 fully saturated rings. The van der Waals surface area contributed by atoms with Crippen molar-refractivity contribution < 1.29 is 13.2 Å². The molecule has 0 saturated heterocycles. The highest BCUT2D eigenvalue weighted by molar-refractivity contribution is 7.89. The Kier molecular flexibility index (Phi) is 4.12. The van der Waals surface area contributed by atoms with E-state index in [0.29, 0.717) is 17.7 Å². The van der Waals surface area contributed by atoms with Gasteiger partial charge in [-0.2, -0.15) is 0 Å². The molecule has 4 rings (SSSR count). The van der Waals surface area contributed by atoms with Crippen molar-refractivity contribution in [2.75, 3.05) is 11.4 Å². The topological polar surface area (TPSA) is 66.5 Å². The summed E-state index contributed by atoms with van der Waals surface area (Å²) in [6.07, 6.45) is 8.12. The quantitative estimate of drug-likeness (QED) is 0.913. The third kappa shape index (κ3) is 2.86. The Morgan fingerprint density at radius 2 is 1.67 bits per heavy atom. The van der Waals surface area contributed by atoms with Gasteiger partial charge in [-0.25, -0.2) is 13.1 Å². The van der Waals surface area contributed by atoms with Crippen LogP contribution in [0.15, 0.2) is 17.0 Å². The average molecular weight is 348 g/mol. The fourth-order valence-electron chi connectivity index (χ4n) is 4.28. The van der Waals surface area contributed by atoms with Crippen LogP contribution in [0.25, 0.3) is 0 Å². The summed E-state index contributed by atoms with van der Waals surface area (Å²) in [5, 5.41) is 0. The number of amides is 1. The van der Waals surface area contributed by atoms with Crippen LogP contribution in [0.4, 0.5) is 5.69 Å². The number of rotatable bonds is 3. The van der Waals surface area contributed by atoms with Gasteiger partial charge in [-0.15, -0.1) is 0 Å². The molecule has 130 valence electrons. The summed E-state index contributed by atoms with van der Waals surface area (Å²) in [6, 6.07) is 3.64. The van der Waals surface area contributed by atoms with Crippen LogP contribution in [0.2, 0.25) is 0 Å². The van der Waals surface area contributed by atoms with Gasteiger partial charge in [-0.3, -0.25) is 4.79 Å². The summed E-state index contributed by atoms with van der Waals surface area (Å²) < 4.78 is 28.6. The molecule has 2 heterocycles. The molecule has 0 atom stereocenters. The largest absolute Gasteiger partial charge is 0.312 e. The van der Waals surface area contributed by atoms with E-state index in [1.807, 2.05) is 4.90 Å². The number of hydrogen-bond donors (Lipinski definition) is 1. The zero-order chi connectivity index (χ0) is 16.7. The Hall–Kier alpha value is -1.40. The number of hydrogen-bond acceptors (Lipinski definition) is 3. The van der Waals surface area contributed by atoms with E-state index in [4.69, 9.17) is 0 Å². The third-order valence-corrected chi connectivity index (χ3v) is 6.99. The maximum Gasteiger partial charge on any atom is 0.240 e. The van der Waals surface area contributed by atoms with Crippen molar-refractivity contribution in [2.24, 2.45) is 0 Å². The first-order valence-corrected chi connectivity index (χ1v) is 10.5. The molecule has 1 aliphatic carbocycles. The second kappa shape index (κ2) is 6.15. The van der Waals surface area contributed by atoms with Crippen LogP contribution < -0.4 is 9.62 Å². The van der Waals surface area contributed by atoms with Crippen molar-refractivity contribution in [1.29, 1.82) is 0 Å².